The van der Waals surface area contributed by atoms with Crippen molar-refractivity contribution in [1.29, 1.82) is 0 Å². The fraction of sp³-hybridized carbons (Fsp3) is 0.130. The van der Waals surface area contributed by atoms with E-state index < -0.39 is 5.91 Å². The number of benzene rings is 2. The smallest absolute Gasteiger partial charge is 0.261 e. The second kappa shape index (κ2) is 9.03. The Labute approximate surface area is 188 Å². The van der Waals surface area contributed by atoms with Crippen LogP contribution in [0.15, 0.2) is 60.7 Å². The number of para-hydroxylation sites is 1. The summed E-state index contributed by atoms with van der Waals surface area (Å²) in [5, 5.41) is 10.9. The maximum atomic E-state index is 12.7. The molecular weight excluding hydrogens is 426 g/mol. The fourth-order valence-corrected chi connectivity index (χ4v) is 4.32. The van der Waals surface area contributed by atoms with E-state index in [1.165, 1.54) is 11.3 Å². The average Bonchev–Trinajstić information content (AvgIpc) is 3.37. The van der Waals surface area contributed by atoms with E-state index in [9.17, 15) is 14.4 Å². The number of nitrogens with zero attached hydrogens (tertiary/aromatic N) is 2. The highest BCUT2D eigenvalue weighted by Crippen LogP contribution is 2.30. The Bertz CT molecular complexity index is 1290. The van der Waals surface area contributed by atoms with Gasteiger partial charge in [-0.05, 0) is 42.8 Å². The number of amides is 3. The predicted molar refractivity (Wildman–Crippen MR) is 123 cm³/mol. The van der Waals surface area contributed by atoms with Gasteiger partial charge < -0.3 is 16.4 Å². The van der Waals surface area contributed by atoms with Gasteiger partial charge in [-0.15, -0.1) is 11.3 Å². The molecule has 0 bridgehead atoms. The second-order valence-corrected chi connectivity index (χ2v) is 8.22. The zero-order valence-electron chi connectivity index (χ0n) is 17.3. The van der Waals surface area contributed by atoms with Crippen LogP contribution in [0.5, 0.6) is 0 Å². The first-order valence-electron chi connectivity index (χ1n) is 9.90. The first-order valence-corrected chi connectivity index (χ1v) is 10.7. The minimum atomic E-state index is -0.606. The van der Waals surface area contributed by atoms with Crippen LogP contribution in [0, 0.1) is 6.92 Å². The van der Waals surface area contributed by atoms with E-state index in [2.05, 4.69) is 15.7 Å². The maximum absolute atomic E-state index is 12.7. The molecule has 2 aromatic carbocycles. The monoisotopic (exact) mass is 447 g/mol. The van der Waals surface area contributed by atoms with Gasteiger partial charge in [0.25, 0.3) is 11.8 Å². The Morgan fingerprint density at radius 1 is 1.00 bits per heavy atom. The third kappa shape index (κ3) is 4.52. The first-order chi connectivity index (χ1) is 15.4. The molecule has 0 saturated carbocycles. The Hall–Kier alpha value is -3.98. The van der Waals surface area contributed by atoms with E-state index in [1.54, 1.807) is 24.3 Å². The molecule has 0 fully saturated rings. The van der Waals surface area contributed by atoms with Gasteiger partial charge in [0, 0.05) is 17.5 Å². The largest absolute Gasteiger partial charge is 0.368 e. The Kier molecular flexibility index (Phi) is 6.00. The van der Waals surface area contributed by atoms with Crippen LogP contribution in [0.4, 0.5) is 0 Å². The molecule has 4 rings (SSSR count). The van der Waals surface area contributed by atoms with Crippen LogP contribution in [-0.2, 0) is 11.3 Å². The van der Waals surface area contributed by atoms with Crippen LogP contribution < -0.4 is 16.4 Å². The number of primary amides is 1. The molecule has 162 valence electrons. The minimum Gasteiger partial charge on any atom is -0.368 e. The molecule has 2 heterocycles. The van der Waals surface area contributed by atoms with Crippen molar-refractivity contribution in [3.8, 4) is 5.69 Å². The van der Waals surface area contributed by atoms with Gasteiger partial charge in [-0.1, -0.05) is 30.3 Å². The van der Waals surface area contributed by atoms with Crippen LogP contribution in [0.1, 0.15) is 31.3 Å². The average molecular weight is 448 g/mol. The van der Waals surface area contributed by atoms with Crippen LogP contribution >= 0.6 is 11.3 Å². The maximum Gasteiger partial charge on any atom is 0.261 e. The van der Waals surface area contributed by atoms with Crippen LogP contribution in [0.25, 0.3) is 15.9 Å². The van der Waals surface area contributed by atoms with Crippen molar-refractivity contribution in [2.45, 2.75) is 13.5 Å². The molecule has 0 aliphatic carbocycles. The minimum absolute atomic E-state index is 0.173. The van der Waals surface area contributed by atoms with Gasteiger partial charge in [-0.3, -0.25) is 14.4 Å². The lowest BCUT2D eigenvalue weighted by molar-refractivity contribution is -0.117. The number of fused-ring (bicyclic) bond motifs is 1. The van der Waals surface area contributed by atoms with Crippen LogP contribution in [0.3, 0.4) is 0 Å². The lowest BCUT2D eigenvalue weighted by atomic mass is 10.1. The summed E-state index contributed by atoms with van der Waals surface area (Å²) >= 11 is 1.39. The van der Waals surface area contributed by atoms with Gasteiger partial charge in [0.1, 0.15) is 4.83 Å². The van der Waals surface area contributed by atoms with Gasteiger partial charge in [-0.2, -0.15) is 5.10 Å². The van der Waals surface area contributed by atoms with Crippen molar-refractivity contribution in [2.24, 2.45) is 5.73 Å². The van der Waals surface area contributed by atoms with Gasteiger partial charge in [0.15, 0.2) is 0 Å². The zero-order valence-corrected chi connectivity index (χ0v) is 18.1. The van der Waals surface area contributed by atoms with Gasteiger partial charge >= 0.3 is 0 Å². The number of carbonyl (C=O) groups is 3. The normalized spacial score (nSPS) is 10.8. The van der Waals surface area contributed by atoms with Crippen LogP contribution in [0.2, 0.25) is 0 Å². The number of nitrogens with two attached hydrogens (primary N) is 1. The zero-order chi connectivity index (χ0) is 22.7. The number of aryl methyl sites for hydroxylation is 1. The molecule has 0 aliphatic rings. The number of carbonyl (C=O) groups excluding carboxylic acids is 3. The van der Waals surface area contributed by atoms with Gasteiger partial charge in [-0.25, -0.2) is 4.68 Å². The van der Waals surface area contributed by atoms with E-state index >= 15 is 0 Å². The number of rotatable bonds is 7. The summed E-state index contributed by atoms with van der Waals surface area (Å²) in [4.78, 5) is 37.0. The fourth-order valence-electron chi connectivity index (χ4n) is 3.22. The summed E-state index contributed by atoms with van der Waals surface area (Å²) in [7, 11) is 0. The molecule has 0 aliphatic heterocycles. The van der Waals surface area contributed by atoms with Gasteiger partial charge in [0.2, 0.25) is 5.91 Å². The molecule has 4 aromatic rings. The number of nitrogens with one attached hydrogen (secondary N) is 2. The van der Waals surface area contributed by atoms with Crippen molar-refractivity contribution in [1.82, 2.24) is 20.4 Å². The van der Waals surface area contributed by atoms with E-state index in [-0.39, 0.29) is 18.4 Å². The number of aromatic nitrogens is 2. The van der Waals surface area contributed by atoms with Crippen molar-refractivity contribution >= 4 is 39.3 Å². The molecule has 0 unspecified atom stereocenters. The molecule has 32 heavy (non-hydrogen) atoms. The Morgan fingerprint density at radius 3 is 2.41 bits per heavy atom. The summed E-state index contributed by atoms with van der Waals surface area (Å²) in [5.74, 6) is -1.16. The number of thiophene rings is 1. The lowest BCUT2D eigenvalue weighted by Crippen LogP contribution is -2.33. The third-order valence-electron chi connectivity index (χ3n) is 4.86. The molecular formula is C23H21N5O3S. The molecule has 2 aromatic heterocycles. The van der Waals surface area contributed by atoms with E-state index in [0.717, 1.165) is 27.2 Å². The molecule has 9 heteroatoms. The molecule has 0 atom stereocenters. The third-order valence-corrected chi connectivity index (χ3v) is 5.97. The first kappa shape index (κ1) is 21.3. The highest BCUT2D eigenvalue weighted by atomic mass is 32.1. The van der Waals surface area contributed by atoms with E-state index in [4.69, 9.17) is 5.73 Å². The number of hydrogen-bond donors (Lipinski definition) is 3. The summed E-state index contributed by atoms with van der Waals surface area (Å²) in [6.45, 7) is 2.03. The number of hydrogen-bond acceptors (Lipinski definition) is 5. The second-order valence-electron chi connectivity index (χ2n) is 7.19. The summed E-state index contributed by atoms with van der Waals surface area (Å²) in [6.07, 6.45) is 0. The molecule has 3 amide bonds. The highest BCUT2D eigenvalue weighted by Gasteiger charge is 2.17. The van der Waals surface area contributed by atoms with E-state index in [1.807, 2.05) is 48.0 Å². The Morgan fingerprint density at radius 2 is 1.72 bits per heavy atom. The SMILES string of the molecule is Cc1nn(-c2ccccc2)c2sc(C(=O)NCc3ccc(C(=O)NCC(N)=O)cc3)cc12. The van der Waals surface area contributed by atoms with Crippen molar-refractivity contribution < 1.29 is 14.4 Å². The molecule has 8 nitrogen and oxygen atoms in total. The molecule has 4 N–H and O–H groups in total. The highest BCUT2D eigenvalue weighted by molar-refractivity contribution is 7.20. The summed E-state index contributed by atoms with van der Waals surface area (Å²) in [5.41, 5.74) is 8.09. The van der Waals surface area contributed by atoms with Crippen molar-refractivity contribution in [3.63, 3.8) is 0 Å². The predicted octanol–water partition coefficient (Wildman–Crippen LogP) is 2.54. The van der Waals surface area contributed by atoms with Crippen molar-refractivity contribution in [2.75, 3.05) is 6.54 Å². The topological polar surface area (TPSA) is 119 Å². The van der Waals surface area contributed by atoms with E-state index in [0.29, 0.717) is 17.0 Å². The summed E-state index contributed by atoms with van der Waals surface area (Å²) < 4.78 is 1.86. The summed E-state index contributed by atoms with van der Waals surface area (Å²) in [6, 6.07) is 18.4. The quantitative estimate of drug-likeness (QED) is 0.403. The lowest BCUT2D eigenvalue weighted by Gasteiger charge is -2.06. The molecule has 0 spiro atoms. The molecule has 0 radical (unpaired) electrons. The van der Waals surface area contributed by atoms with Gasteiger partial charge in [0.05, 0.1) is 22.8 Å². The van der Waals surface area contributed by atoms with Crippen molar-refractivity contribution in [3.05, 3.63) is 82.4 Å². The van der Waals surface area contributed by atoms with Crippen LogP contribution in [-0.4, -0.2) is 34.0 Å². The standard InChI is InChI=1S/C23H21N5O3S/c1-14-18-11-19(32-23(18)28(27-14)17-5-3-2-4-6-17)22(31)25-12-15-7-9-16(10-8-15)21(30)26-13-20(24)29/h2-11H,12-13H2,1H3,(H2,24,29)(H,25,31)(H,26,30). The molecule has 0 saturated heterocycles. The Balaban J connectivity index is 1.43.